The van der Waals surface area contributed by atoms with Crippen molar-refractivity contribution < 1.29 is 0 Å². The lowest BCUT2D eigenvalue weighted by atomic mass is 9.71. The zero-order chi connectivity index (χ0) is 15.5. The predicted molar refractivity (Wildman–Crippen MR) is 91.6 cm³/mol. The third kappa shape index (κ3) is 8.26. The van der Waals surface area contributed by atoms with Gasteiger partial charge in [0.25, 0.3) is 0 Å². The molecule has 20 heavy (non-hydrogen) atoms. The Morgan fingerprint density at radius 1 is 0.700 bits per heavy atom. The largest absolute Gasteiger partial charge is 0.271 e. The second kappa shape index (κ2) is 10.6. The Morgan fingerprint density at radius 3 is 1.50 bits per heavy atom. The lowest BCUT2D eigenvalue weighted by Gasteiger charge is -2.41. The van der Waals surface area contributed by atoms with Gasteiger partial charge in [-0.25, -0.2) is 0 Å². The zero-order valence-corrected chi connectivity index (χ0v) is 14.9. The molecule has 2 heteroatoms. The Morgan fingerprint density at radius 2 is 1.10 bits per heavy atom. The second-order valence-corrected chi connectivity index (χ2v) is 7.59. The Balaban J connectivity index is 3.48. The van der Waals surface area contributed by atoms with E-state index in [0.29, 0.717) is 0 Å². The number of hydrogen-bond donors (Lipinski definition) is 2. The van der Waals surface area contributed by atoms with Gasteiger partial charge in [0.15, 0.2) is 0 Å². The molecule has 0 saturated heterocycles. The number of rotatable bonds is 13. The summed E-state index contributed by atoms with van der Waals surface area (Å²) >= 11 is 0. The van der Waals surface area contributed by atoms with Crippen molar-refractivity contribution in [3.05, 3.63) is 0 Å². The molecule has 0 aromatic heterocycles. The molecule has 0 rings (SSSR count). The lowest BCUT2D eigenvalue weighted by molar-refractivity contribution is 0.138. The molecular weight excluding hydrogens is 244 g/mol. The van der Waals surface area contributed by atoms with Crippen molar-refractivity contribution in [2.75, 3.05) is 0 Å². The maximum Gasteiger partial charge on any atom is 0.0315 e. The normalized spacial score (nSPS) is 12.9. The van der Waals surface area contributed by atoms with Gasteiger partial charge >= 0.3 is 0 Å². The minimum atomic E-state index is 0.00623. The van der Waals surface area contributed by atoms with Crippen molar-refractivity contribution >= 4 is 0 Å². The van der Waals surface area contributed by atoms with Gasteiger partial charge in [-0.1, -0.05) is 85.0 Å². The van der Waals surface area contributed by atoms with Crippen LogP contribution in [0.4, 0.5) is 0 Å². The highest BCUT2D eigenvalue weighted by atomic mass is 15.3. The smallest absolute Gasteiger partial charge is 0.0315 e. The van der Waals surface area contributed by atoms with Crippen LogP contribution in [-0.4, -0.2) is 5.54 Å². The number of nitrogens with two attached hydrogens (primary N) is 1. The topological polar surface area (TPSA) is 38.0 Å². The Bertz CT molecular complexity index is 221. The highest BCUT2D eigenvalue weighted by Crippen LogP contribution is 2.35. The summed E-state index contributed by atoms with van der Waals surface area (Å²) in [6.07, 6.45) is 15.3. The highest BCUT2D eigenvalue weighted by Gasteiger charge is 2.35. The van der Waals surface area contributed by atoms with Crippen molar-refractivity contribution in [2.24, 2.45) is 11.3 Å². The van der Waals surface area contributed by atoms with Crippen LogP contribution in [0.15, 0.2) is 0 Å². The molecule has 0 unspecified atom stereocenters. The van der Waals surface area contributed by atoms with Gasteiger partial charge in [-0.2, -0.15) is 0 Å². The standard InChI is InChI=1S/C18H40N2/c1-6-7-8-9-10-11-12-13-14-15-16-17(2,3)18(4,5)20-19/h20H,6-16,19H2,1-5H3. The van der Waals surface area contributed by atoms with Gasteiger partial charge in [0.05, 0.1) is 0 Å². The summed E-state index contributed by atoms with van der Waals surface area (Å²) in [5.74, 6) is 5.66. The number of hydrazine groups is 1. The van der Waals surface area contributed by atoms with Crippen LogP contribution in [-0.2, 0) is 0 Å². The fraction of sp³-hybridized carbons (Fsp3) is 1.00. The molecule has 0 saturated carbocycles. The fourth-order valence-corrected chi connectivity index (χ4v) is 2.56. The summed E-state index contributed by atoms with van der Waals surface area (Å²) in [6.45, 7) is 11.3. The van der Waals surface area contributed by atoms with Gasteiger partial charge in [0.1, 0.15) is 0 Å². The van der Waals surface area contributed by atoms with Crippen LogP contribution < -0.4 is 11.3 Å². The molecule has 122 valence electrons. The molecular formula is C18H40N2. The summed E-state index contributed by atoms with van der Waals surface area (Å²) in [4.78, 5) is 0. The molecule has 0 heterocycles. The Labute approximate surface area is 128 Å². The van der Waals surface area contributed by atoms with E-state index in [1.165, 1.54) is 70.6 Å². The molecule has 0 aliphatic heterocycles. The monoisotopic (exact) mass is 284 g/mol. The molecule has 0 aliphatic rings. The summed E-state index contributed by atoms with van der Waals surface area (Å²) in [5, 5.41) is 0. The van der Waals surface area contributed by atoms with E-state index in [0.717, 1.165) is 0 Å². The first-order valence-electron chi connectivity index (χ1n) is 8.85. The van der Waals surface area contributed by atoms with Crippen molar-refractivity contribution in [1.82, 2.24) is 5.43 Å². The maximum absolute atomic E-state index is 5.66. The third-order valence-electron chi connectivity index (χ3n) is 5.21. The molecule has 0 aliphatic carbocycles. The SMILES string of the molecule is CCCCCCCCCCCCC(C)(C)C(C)(C)NN. The molecule has 0 atom stereocenters. The summed E-state index contributed by atoms with van der Waals surface area (Å²) in [7, 11) is 0. The van der Waals surface area contributed by atoms with E-state index in [1.54, 1.807) is 0 Å². The second-order valence-electron chi connectivity index (χ2n) is 7.59. The molecule has 0 radical (unpaired) electrons. The van der Waals surface area contributed by atoms with E-state index >= 15 is 0 Å². The molecule has 0 fully saturated rings. The minimum absolute atomic E-state index is 0.00623. The molecule has 2 nitrogen and oxygen atoms in total. The molecule has 0 spiro atoms. The molecule has 3 N–H and O–H groups in total. The van der Waals surface area contributed by atoms with Gasteiger partial charge in [-0.15, -0.1) is 0 Å². The molecule has 0 aromatic carbocycles. The Kier molecular flexibility index (Phi) is 10.6. The average molecular weight is 285 g/mol. The van der Waals surface area contributed by atoms with Crippen LogP contribution in [0.3, 0.4) is 0 Å². The van der Waals surface area contributed by atoms with Crippen molar-refractivity contribution in [3.63, 3.8) is 0 Å². The zero-order valence-electron chi connectivity index (χ0n) is 14.9. The quantitative estimate of drug-likeness (QED) is 0.264. The number of unbranched alkanes of at least 4 members (excludes halogenated alkanes) is 9. The summed E-state index contributed by atoms with van der Waals surface area (Å²) < 4.78 is 0. The van der Waals surface area contributed by atoms with Gasteiger partial charge in [0.2, 0.25) is 0 Å². The highest BCUT2D eigenvalue weighted by molar-refractivity contribution is 4.91. The maximum atomic E-state index is 5.66. The van der Waals surface area contributed by atoms with Crippen molar-refractivity contribution in [2.45, 2.75) is 111 Å². The van der Waals surface area contributed by atoms with Crippen LogP contribution in [0, 0.1) is 5.41 Å². The van der Waals surface area contributed by atoms with Gasteiger partial charge in [-0.3, -0.25) is 11.3 Å². The first-order chi connectivity index (χ1) is 9.37. The van der Waals surface area contributed by atoms with E-state index in [2.05, 4.69) is 40.0 Å². The first kappa shape index (κ1) is 19.9. The van der Waals surface area contributed by atoms with Crippen LogP contribution in [0.5, 0.6) is 0 Å². The van der Waals surface area contributed by atoms with Gasteiger partial charge in [-0.05, 0) is 25.7 Å². The predicted octanol–water partition coefficient (Wildman–Crippen LogP) is 5.57. The average Bonchev–Trinajstić information content (AvgIpc) is 2.40. The number of hydrogen-bond acceptors (Lipinski definition) is 2. The Hall–Kier alpha value is -0.0800. The van der Waals surface area contributed by atoms with Crippen LogP contribution in [0.1, 0.15) is 105 Å². The van der Waals surface area contributed by atoms with Crippen molar-refractivity contribution in [3.8, 4) is 0 Å². The minimum Gasteiger partial charge on any atom is -0.271 e. The van der Waals surface area contributed by atoms with E-state index in [1.807, 2.05) is 0 Å². The summed E-state index contributed by atoms with van der Waals surface area (Å²) in [5.41, 5.74) is 3.23. The van der Waals surface area contributed by atoms with Crippen molar-refractivity contribution in [1.29, 1.82) is 0 Å². The van der Waals surface area contributed by atoms with Crippen LogP contribution in [0.2, 0.25) is 0 Å². The lowest BCUT2D eigenvalue weighted by Crippen LogP contribution is -2.54. The first-order valence-corrected chi connectivity index (χ1v) is 8.85. The van der Waals surface area contributed by atoms with E-state index in [-0.39, 0.29) is 11.0 Å². The molecule has 0 amide bonds. The van der Waals surface area contributed by atoms with E-state index in [9.17, 15) is 0 Å². The molecule has 0 bridgehead atoms. The summed E-state index contributed by atoms with van der Waals surface area (Å²) in [6, 6.07) is 0. The van der Waals surface area contributed by atoms with Crippen LogP contribution >= 0.6 is 0 Å². The van der Waals surface area contributed by atoms with Crippen LogP contribution in [0.25, 0.3) is 0 Å². The molecule has 0 aromatic rings. The van der Waals surface area contributed by atoms with Gasteiger partial charge in [0, 0.05) is 5.54 Å². The van der Waals surface area contributed by atoms with Gasteiger partial charge < -0.3 is 0 Å². The fourth-order valence-electron chi connectivity index (χ4n) is 2.56. The van der Waals surface area contributed by atoms with E-state index in [4.69, 9.17) is 5.84 Å². The third-order valence-corrected chi connectivity index (χ3v) is 5.21. The van der Waals surface area contributed by atoms with E-state index < -0.39 is 0 Å². The number of nitrogens with one attached hydrogen (secondary N) is 1.